The van der Waals surface area contributed by atoms with Gasteiger partial charge in [-0.05, 0) is 63.7 Å². The maximum absolute atomic E-state index is 15.0. The van der Waals surface area contributed by atoms with Gasteiger partial charge in [-0.2, -0.15) is 0 Å². The van der Waals surface area contributed by atoms with E-state index in [2.05, 4.69) is 48.9 Å². The first-order chi connectivity index (χ1) is 19.3. The molecular weight excluding hydrogens is 593 g/mol. The fourth-order valence-electron chi connectivity index (χ4n) is 6.34. The molecule has 216 valence electrons. The lowest BCUT2D eigenvalue weighted by Crippen LogP contribution is -2.44. The number of hydrogen-bond donors (Lipinski definition) is 2. The molecule has 8 nitrogen and oxygen atoms in total. The van der Waals surface area contributed by atoms with Gasteiger partial charge >= 0.3 is 5.97 Å². The van der Waals surface area contributed by atoms with Crippen LogP contribution in [0.25, 0.3) is 22.3 Å². The number of aromatic nitrogens is 2. The highest BCUT2D eigenvalue weighted by molar-refractivity contribution is 9.10. The molecule has 0 spiro atoms. The standard InChI is InChI=1S/C31H33BrFN3O5/c1-6-31(40)18-10-22-27-16(12-36(22)28(38)17(18)13-41-29(31)39)25-20(34-23(37)9-14(2)30(3,4)5)8-7-15-24(25)21(35-27)11-19(33)26(15)32/h10-11,14,20,40H,6-9,12-13H2,1-5H3,(H,34,37)/t14-,20+,31-/m0/s1. The molecule has 0 radical (unpaired) electrons. The lowest BCUT2D eigenvalue weighted by molar-refractivity contribution is -0.172. The van der Waals surface area contributed by atoms with E-state index in [-0.39, 0.29) is 59.5 Å². The van der Waals surface area contributed by atoms with Crippen molar-refractivity contribution in [3.8, 4) is 11.4 Å². The van der Waals surface area contributed by atoms with Crippen molar-refractivity contribution in [2.45, 2.75) is 85.1 Å². The first kappa shape index (κ1) is 28.0. The highest BCUT2D eigenvalue weighted by Gasteiger charge is 2.46. The number of fused-ring (bicyclic) bond motifs is 5. The van der Waals surface area contributed by atoms with Gasteiger partial charge in [-0.15, -0.1) is 0 Å². The molecule has 3 atom stereocenters. The number of benzene rings is 1. The Morgan fingerprint density at radius 3 is 2.71 bits per heavy atom. The van der Waals surface area contributed by atoms with Gasteiger partial charge in [0.15, 0.2) is 5.60 Å². The maximum Gasteiger partial charge on any atom is 0.343 e. The van der Waals surface area contributed by atoms with Crippen LogP contribution in [0.4, 0.5) is 4.39 Å². The molecule has 1 aromatic carbocycles. The fourth-order valence-corrected chi connectivity index (χ4v) is 6.85. The average Bonchev–Trinajstić information content (AvgIpc) is 3.28. The third-order valence-corrected chi connectivity index (χ3v) is 10.2. The number of rotatable bonds is 4. The molecule has 1 aliphatic carbocycles. The normalized spacial score (nSPS) is 21.7. The van der Waals surface area contributed by atoms with E-state index in [0.717, 1.165) is 22.1 Å². The molecule has 0 fully saturated rings. The van der Waals surface area contributed by atoms with Gasteiger partial charge in [-0.3, -0.25) is 9.59 Å². The molecule has 3 aliphatic rings. The number of halogens is 2. The Morgan fingerprint density at radius 2 is 2.02 bits per heavy atom. The summed E-state index contributed by atoms with van der Waals surface area (Å²) >= 11 is 3.43. The number of aliphatic hydroxyl groups is 1. The molecule has 0 unspecified atom stereocenters. The zero-order valence-electron chi connectivity index (χ0n) is 23.8. The predicted molar refractivity (Wildman–Crippen MR) is 155 cm³/mol. The lowest BCUT2D eigenvalue weighted by atomic mass is 9.79. The highest BCUT2D eigenvalue weighted by Crippen LogP contribution is 2.47. The summed E-state index contributed by atoms with van der Waals surface area (Å²) in [6, 6.07) is 2.67. The van der Waals surface area contributed by atoms with E-state index in [0.29, 0.717) is 40.6 Å². The van der Waals surface area contributed by atoms with Gasteiger partial charge in [-0.1, -0.05) is 34.6 Å². The molecule has 2 aliphatic heterocycles. The van der Waals surface area contributed by atoms with Crippen LogP contribution in [0.3, 0.4) is 0 Å². The number of cyclic esters (lactones) is 1. The Labute approximate surface area is 245 Å². The first-order valence-electron chi connectivity index (χ1n) is 14.1. The third kappa shape index (κ3) is 4.16. The van der Waals surface area contributed by atoms with E-state index in [1.165, 1.54) is 6.07 Å². The number of nitrogens with one attached hydrogen (secondary N) is 1. The highest BCUT2D eigenvalue weighted by atomic mass is 79.9. The van der Waals surface area contributed by atoms with Crippen LogP contribution in [0.1, 0.15) is 87.7 Å². The van der Waals surface area contributed by atoms with Crippen LogP contribution >= 0.6 is 15.9 Å². The Morgan fingerprint density at radius 1 is 1.29 bits per heavy atom. The quantitative estimate of drug-likeness (QED) is 0.303. The molecular formula is C31H33BrFN3O5. The topological polar surface area (TPSA) is 111 Å². The van der Waals surface area contributed by atoms with Crippen molar-refractivity contribution in [1.82, 2.24) is 14.9 Å². The van der Waals surface area contributed by atoms with Gasteiger partial charge in [-0.25, -0.2) is 14.2 Å². The fraction of sp³-hybridized carbons (Fsp3) is 0.484. The second-order valence-electron chi connectivity index (χ2n) is 12.6. The minimum Gasteiger partial charge on any atom is -0.458 e. The summed E-state index contributed by atoms with van der Waals surface area (Å²) in [6.07, 6.45) is 1.52. The van der Waals surface area contributed by atoms with E-state index in [1.54, 1.807) is 17.6 Å². The van der Waals surface area contributed by atoms with Crippen molar-refractivity contribution in [2.75, 3.05) is 0 Å². The van der Waals surface area contributed by atoms with E-state index < -0.39 is 17.4 Å². The molecule has 41 heavy (non-hydrogen) atoms. The van der Waals surface area contributed by atoms with Crippen molar-refractivity contribution < 1.29 is 23.8 Å². The smallest absolute Gasteiger partial charge is 0.343 e. The lowest BCUT2D eigenvalue weighted by Gasteiger charge is -2.31. The number of amides is 1. The maximum atomic E-state index is 15.0. The number of nitrogens with zero attached hydrogens (tertiary/aromatic N) is 2. The van der Waals surface area contributed by atoms with Crippen LogP contribution in [0, 0.1) is 17.2 Å². The van der Waals surface area contributed by atoms with Crippen LogP contribution in [0.2, 0.25) is 0 Å². The number of esters is 1. The van der Waals surface area contributed by atoms with Crippen molar-refractivity contribution in [2.24, 2.45) is 11.3 Å². The van der Waals surface area contributed by atoms with Gasteiger partial charge in [0, 0.05) is 29.0 Å². The van der Waals surface area contributed by atoms with E-state index in [1.807, 2.05) is 0 Å². The summed E-state index contributed by atoms with van der Waals surface area (Å²) in [5.41, 5.74) is 1.89. The number of pyridine rings is 2. The largest absolute Gasteiger partial charge is 0.458 e. The molecule has 4 heterocycles. The van der Waals surface area contributed by atoms with Gasteiger partial charge in [0.25, 0.3) is 5.56 Å². The van der Waals surface area contributed by atoms with E-state index in [9.17, 15) is 19.5 Å². The number of hydrogen-bond acceptors (Lipinski definition) is 6. The van der Waals surface area contributed by atoms with Gasteiger partial charge in [0.1, 0.15) is 12.4 Å². The van der Waals surface area contributed by atoms with Crippen molar-refractivity contribution in [3.63, 3.8) is 0 Å². The van der Waals surface area contributed by atoms with Crippen LogP contribution in [0.15, 0.2) is 21.4 Å². The van der Waals surface area contributed by atoms with Crippen LogP contribution in [-0.2, 0) is 39.5 Å². The number of aryl methyl sites for hydroxylation is 1. The summed E-state index contributed by atoms with van der Waals surface area (Å²) in [6.45, 7) is 10.0. The van der Waals surface area contributed by atoms with E-state index in [4.69, 9.17) is 9.72 Å². The molecule has 0 saturated carbocycles. The zero-order chi connectivity index (χ0) is 29.6. The Bertz CT molecular complexity index is 1730. The number of carbonyl (C=O) groups is 2. The Balaban J connectivity index is 1.54. The van der Waals surface area contributed by atoms with Crippen LogP contribution in [-0.4, -0.2) is 26.5 Å². The summed E-state index contributed by atoms with van der Waals surface area (Å²) in [5.74, 6) is -1.13. The third-order valence-electron chi connectivity index (χ3n) is 9.35. The second-order valence-corrected chi connectivity index (χ2v) is 13.4. The molecule has 6 rings (SSSR count). The van der Waals surface area contributed by atoms with Gasteiger partial charge < -0.3 is 19.7 Å². The number of ether oxygens (including phenoxy) is 1. The summed E-state index contributed by atoms with van der Waals surface area (Å²) in [4.78, 5) is 44.4. The molecule has 2 N–H and O–H groups in total. The minimum absolute atomic E-state index is 0.0302. The SMILES string of the molecule is CC[C@@]1(O)C(=O)OCc2c1cc1n(c2=O)Cc2c-1nc1cc(F)c(Br)c3c1c2[C@H](NC(=O)C[C@H](C)C(C)(C)C)CC3. The summed E-state index contributed by atoms with van der Waals surface area (Å²) < 4.78 is 22.2. The summed E-state index contributed by atoms with van der Waals surface area (Å²) in [7, 11) is 0. The predicted octanol–water partition coefficient (Wildman–Crippen LogP) is 5.16. The molecule has 2 aromatic heterocycles. The average molecular weight is 627 g/mol. The molecule has 0 bridgehead atoms. The molecule has 1 amide bonds. The minimum atomic E-state index is -1.94. The summed E-state index contributed by atoms with van der Waals surface area (Å²) in [5, 5.41) is 15.2. The van der Waals surface area contributed by atoms with Crippen LogP contribution < -0.4 is 10.9 Å². The Kier molecular flexibility index (Phi) is 6.46. The van der Waals surface area contributed by atoms with E-state index >= 15 is 4.39 Å². The Hall–Kier alpha value is -3.11. The molecule has 0 saturated heterocycles. The monoisotopic (exact) mass is 625 g/mol. The van der Waals surface area contributed by atoms with Gasteiger partial charge in [0.05, 0.1) is 39.5 Å². The molecule has 3 aromatic rings. The number of carbonyl (C=O) groups excluding carboxylic acids is 2. The van der Waals surface area contributed by atoms with Gasteiger partial charge in [0.2, 0.25) is 5.91 Å². The molecule has 10 heteroatoms. The zero-order valence-corrected chi connectivity index (χ0v) is 25.4. The van der Waals surface area contributed by atoms with Crippen molar-refractivity contribution in [3.05, 3.63) is 60.6 Å². The van der Waals surface area contributed by atoms with Crippen molar-refractivity contribution >= 4 is 38.7 Å². The van der Waals surface area contributed by atoms with Crippen molar-refractivity contribution in [1.29, 1.82) is 0 Å². The first-order valence-corrected chi connectivity index (χ1v) is 14.8. The van der Waals surface area contributed by atoms with Crippen LogP contribution in [0.5, 0.6) is 0 Å². The second kappa shape index (κ2) is 9.46.